The molecule has 5 nitrogen and oxygen atoms in total. The van der Waals surface area contributed by atoms with E-state index in [9.17, 15) is 0 Å². The highest BCUT2D eigenvalue weighted by molar-refractivity contribution is 5.88. The Morgan fingerprint density at radius 1 is 1.11 bits per heavy atom. The number of ether oxygens (including phenoxy) is 2. The Morgan fingerprint density at radius 3 is 2.64 bits per heavy atom. The summed E-state index contributed by atoms with van der Waals surface area (Å²) in [5, 5.41) is 1.09. The molecule has 1 atom stereocenters. The highest BCUT2D eigenvalue weighted by atomic mass is 16.5. The lowest BCUT2D eigenvalue weighted by atomic mass is 9.87. The first-order valence-corrected chi connectivity index (χ1v) is 9.79. The monoisotopic (exact) mass is 377 g/mol. The lowest BCUT2D eigenvalue weighted by Gasteiger charge is -2.32. The molecule has 0 aliphatic carbocycles. The predicted octanol–water partition coefficient (Wildman–Crippen LogP) is 3.48. The van der Waals surface area contributed by atoms with Gasteiger partial charge in [-0.25, -0.2) is 4.98 Å². The summed E-state index contributed by atoms with van der Waals surface area (Å²) in [6, 6.07) is 16.8. The van der Waals surface area contributed by atoms with Crippen molar-refractivity contribution in [3.05, 3.63) is 65.4 Å². The average molecular weight is 377 g/mol. The summed E-state index contributed by atoms with van der Waals surface area (Å²) in [4.78, 5) is 7.14. The maximum atomic E-state index is 6.35. The summed E-state index contributed by atoms with van der Waals surface area (Å²) < 4.78 is 11.1. The molecule has 2 heterocycles. The van der Waals surface area contributed by atoms with E-state index in [1.54, 1.807) is 7.11 Å². The number of aryl methyl sites for hydroxylation is 1. The molecular formula is C23H27N3O2. The van der Waals surface area contributed by atoms with Gasteiger partial charge in [0.2, 0.25) is 0 Å². The normalized spacial score (nSPS) is 15.6. The van der Waals surface area contributed by atoms with Crippen LogP contribution in [-0.4, -0.2) is 44.9 Å². The van der Waals surface area contributed by atoms with Crippen molar-refractivity contribution in [1.82, 2.24) is 4.98 Å². The fourth-order valence-electron chi connectivity index (χ4n) is 4.13. The molecule has 0 spiro atoms. The van der Waals surface area contributed by atoms with E-state index in [1.165, 1.54) is 16.8 Å². The third-order valence-electron chi connectivity index (χ3n) is 5.46. The van der Waals surface area contributed by atoms with Gasteiger partial charge in [0.25, 0.3) is 0 Å². The minimum atomic E-state index is 0.0790. The van der Waals surface area contributed by atoms with E-state index in [2.05, 4.69) is 41.3 Å². The van der Waals surface area contributed by atoms with Crippen LogP contribution in [0.2, 0.25) is 0 Å². The van der Waals surface area contributed by atoms with Crippen molar-refractivity contribution < 1.29 is 9.47 Å². The number of hydrogen-bond acceptors (Lipinski definition) is 5. The van der Waals surface area contributed by atoms with E-state index in [1.807, 2.05) is 19.1 Å². The maximum Gasteiger partial charge on any atom is 0.145 e. The quantitative estimate of drug-likeness (QED) is 0.738. The van der Waals surface area contributed by atoms with Crippen LogP contribution < -0.4 is 15.4 Å². The van der Waals surface area contributed by atoms with E-state index in [-0.39, 0.29) is 5.92 Å². The molecule has 0 bridgehead atoms. The zero-order valence-electron chi connectivity index (χ0n) is 16.5. The second-order valence-electron chi connectivity index (χ2n) is 7.16. The van der Waals surface area contributed by atoms with Crippen LogP contribution >= 0.6 is 0 Å². The molecular weight excluding hydrogens is 350 g/mol. The van der Waals surface area contributed by atoms with Crippen molar-refractivity contribution in [3.63, 3.8) is 0 Å². The highest BCUT2D eigenvalue weighted by Crippen LogP contribution is 2.37. The summed E-state index contributed by atoms with van der Waals surface area (Å²) in [7, 11) is 1.69. The summed E-state index contributed by atoms with van der Waals surface area (Å²) in [5.41, 5.74) is 11.9. The van der Waals surface area contributed by atoms with Crippen LogP contribution in [0, 0.1) is 6.92 Å². The van der Waals surface area contributed by atoms with E-state index in [0.29, 0.717) is 6.54 Å². The molecule has 1 aliphatic heterocycles. The Balaban J connectivity index is 1.87. The molecule has 1 saturated heterocycles. The molecule has 1 unspecified atom stereocenters. The third-order valence-corrected chi connectivity index (χ3v) is 5.46. The second kappa shape index (κ2) is 8.17. The Kier molecular flexibility index (Phi) is 5.46. The molecule has 2 aromatic carbocycles. The van der Waals surface area contributed by atoms with Gasteiger partial charge in [0.1, 0.15) is 11.3 Å². The molecule has 1 aliphatic rings. The van der Waals surface area contributed by atoms with Crippen molar-refractivity contribution in [2.24, 2.45) is 5.73 Å². The summed E-state index contributed by atoms with van der Waals surface area (Å²) in [5.74, 6) is 0.870. The van der Waals surface area contributed by atoms with Crippen molar-refractivity contribution in [3.8, 4) is 5.75 Å². The summed E-state index contributed by atoms with van der Waals surface area (Å²) in [6.07, 6.45) is 0. The number of aromatic nitrogens is 1. The molecule has 1 fully saturated rings. The predicted molar refractivity (Wildman–Crippen MR) is 113 cm³/mol. The first kappa shape index (κ1) is 18.7. The number of anilines is 1. The molecule has 5 heteroatoms. The van der Waals surface area contributed by atoms with Gasteiger partial charge in [0.15, 0.2) is 0 Å². The number of morpholine rings is 1. The van der Waals surface area contributed by atoms with Gasteiger partial charge in [0, 0.05) is 42.3 Å². The third kappa shape index (κ3) is 3.43. The first-order valence-electron chi connectivity index (χ1n) is 9.79. The topological polar surface area (TPSA) is 60.6 Å². The Hall–Kier alpha value is -2.63. The number of pyridine rings is 1. The number of methoxy groups -OCH3 is 1. The van der Waals surface area contributed by atoms with E-state index in [4.69, 9.17) is 20.2 Å². The SMILES string of the molecule is COc1cccc2c(C(CN)c3ccccc3N3CCOCC3)cc(C)nc12. The van der Waals surface area contributed by atoms with Crippen LogP contribution in [0.25, 0.3) is 10.9 Å². The Morgan fingerprint density at radius 2 is 1.89 bits per heavy atom. The smallest absolute Gasteiger partial charge is 0.145 e. The number of fused-ring (bicyclic) bond motifs is 1. The molecule has 0 saturated carbocycles. The molecule has 4 rings (SSSR count). The van der Waals surface area contributed by atoms with Gasteiger partial charge in [-0.2, -0.15) is 0 Å². The highest BCUT2D eigenvalue weighted by Gasteiger charge is 2.23. The lowest BCUT2D eigenvalue weighted by molar-refractivity contribution is 0.122. The van der Waals surface area contributed by atoms with Crippen LogP contribution in [0.4, 0.5) is 5.69 Å². The molecule has 3 aromatic rings. The Labute approximate surface area is 166 Å². The molecule has 146 valence electrons. The fourth-order valence-corrected chi connectivity index (χ4v) is 4.13. The zero-order chi connectivity index (χ0) is 19.5. The summed E-state index contributed by atoms with van der Waals surface area (Å²) >= 11 is 0. The van der Waals surface area contributed by atoms with Crippen LogP contribution in [0.15, 0.2) is 48.5 Å². The number of nitrogens with two attached hydrogens (primary N) is 1. The van der Waals surface area contributed by atoms with Gasteiger partial charge in [-0.1, -0.05) is 30.3 Å². The zero-order valence-corrected chi connectivity index (χ0v) is 16.5. The number of para-hydroxylation sites is 2. The molecule has 2 N–H and O–H groups in total. The molecule has 0 amide bonds. The largest absolute Gasteiger partial charge is 0.494 e. The van der Waals surface area contributed by atoms with Crippen molar-refractivity contribution in [2.75, 3.05) is 44.9 Å². The van der Waals surface area contributed by atoms with Gasteiger partial charge in [-0.3, -0.25) is 0 Å². The minimum absolute atomic E-state index is 0.0790. The van der Waals surface area contributed by atoms with Crippen LogP contribution in [-0.2, 0) is 4.74 Å². The average Bonchev–Trinajstić information content (AvgIpc) is 2.75. The maximum absolute atomic E-state index is 6.35. The molecule has 0 radical (unpaired) electrons. The standard InChI is InChI=1S/C23H27N3O2/c1-16-14-19(18-7-5-9-22(27-2)23(18)25-16)20(15-24)17-6-3-4-8-21(17)26-10-12-28-13-11-26/h3-9,14,20H,10-13,15,24H2,1-2H3. The number of rotatable bonds is 5. The van der Waals surface area contributed by atoms with E-state index < -0.39 is 0 Å². The van der Waals surface area contributed by atoms with Crippen LogP contribution in [0.1, 0.15) is 22.7 Å². The van der Waals surface area contributed by atoms with Crippen LogP contribution in [0.3, 0.4) is 0 Å². The Bertz CT molecular complexity index is 967. The number of nitrogens with zero attached hydrogens (tertiary/aromatic N) is 2. The van der Waals surface area contributed by atoms with Gasteiger partial charge in [-0.05, 0) is 36.2 Å². The van der Waals surface area contributed by atoms with Gasteiger partial charge >= 0.3 is 0 Å². The van der Waals surface area contributed by atoms with Crippen molar-refractivity contribution in [1.29, 1.82) is 0 Å². The van der Waals surface area contributed by atoms with E-state index in [0.717, 1.165) is 48.6 Å². The first-order chi connectivity index (χ1) is 13.7. The minimum Gasteiger partial charge on any atom is -0.494 e. The van der Waals surface area contributed by atoms with Crippen molar-refractivity contribution in [2.45, 2.75) is 12.8 Å². The van der Waals surface area contributed by atoms with Gasteiger partial charge < -0.3 is 20.1 Å². The summed E-state index contributed by atoms with van der Waals surface area (Å²) in [6.45, 7) is 5.87. The van der Waals surface area contributed by atoms with Gasteiger partial charge in [0.05, 0.1) is 20.3 Å². The van der Waals surface area contributed by atoms with Gasteiger partial charge in [-0.15, -0.1) is 0 Å². The second-order valence-corrected chi connectivity index (χ2v) is 7.16. The lowest BCUT2D eigenvalue weighted by Crippen LogP contribution is -2.37. The molecule has 28 heavy (non-hydrogen) atoms. The number of benzene rings is 2. The van der Waals surface area contributed by atoms with E-state index >= 15 is 0 Å². The molecule has 1 aromatic heterocycles. The van der Waals surface area contributed by atoms with Crippen molar-refractivity contribution >= 4 is 16.6 Å². The number of hydrogen-bond donors (Lipinski definition) is 1. The van der Waals surface area contributed by atoms with Crippen LogP contribution in [0.5, 0.6) is 5.75 Å². The fraction of sp³-hybridized carbons (Fsp3) is 0.348.